The van der Waals surface area contributed by atoms with E-state index < -0.39 is 0 Å². The Balaban J connectivity index is 1.73. The van der Waals surface area contributed by atoms with E-state index >= 15 is 0 Å². The molecule has 1 N–H and O–H groups in total. The Morgan fingerprint density at radius 3 is 3.28 bits per heavy atom. The molecule has 0 aromatic carbocycles. The fourth-order valence-corrected chi connectivity index (χ4v) is 2.78. The lowest BCUT2D eigenvalue weighted by molar-refractivity contribution is 0.188. The molecule has 18 heavy (non-hydrogen) atoms. The fraction of sp³-hybridized carbons (Fsp3) is 0.727. The van der Waals surface area contributed by atoms with Crippen LogP contribution in [0.15, 0.2) is 11.3 Å². The minimum atomic E-state index is 0.489. The van der Waals surface area contributed by atoms with Gasteiger partial charge in [0.05, 0.1) is 0 Å². The van der Waals surface area contributed by atoms with Gasteiger partial charge in [0, 0.05) is 45.5 Å². The molecule has 100 valence electrons. The lowest BCUT2D eigenvalue weighted by Crippen LogP contribution is -2.28. The molecule has 1 saturated heterocycles. The summed E-state index contributed by atoms with van der Waals surface area (Å²) in [5.41, 5.74) is 0. The smallest absolute Gasteiger partial charge is 0.156 e. The van der Waals surface area contributed by atoms with Crippen molar-refractivity contribution in [2.75, 3.05) is 26.0 Å². The van der Waals surface area contributed by atoms with Gasteiger partial charge in [-0.2, -0.15) is 0 Å². The zero-order valence-corrected chi connectivity index (χ0v) is 11.6. The van der Waals surface area contributed by atoms with Gasteiger partial charge in [-0.1, -0.05) is 11.8 Å². The quantitative estimate of drug-likeness (QED) is 0.812. The summed E-state index contributed by atoms with van der Waals surface area (Å²) in [6.45, 7) is 1.54. The molecule has 1 aromatic rings. The maximum atomic E-state index is 5.08. The number of ether oxygens (including phenoxy) is 1. The summed E-state index contributed by atoms with van der Waals surface area (Å²) in [6, 6.07) is 0.489. The summed E-state index contributed by atoms with van der Waals surface area (Å²) < 4.78 is 7.00. The van der Waals surface area contributed by atoms with Crippen LogP contribution in [0.25, 0.3) is 0 Å². The average molecular weight is 269 g/mol. The first-order valence-corrected chi connectivity index (χ1v) is 7.03. The van der Waals surface area contributed by atoms with Crippen molar-refractivity contribution >= 4 is 16.9 Å². The molecule has 1 unspecified atom stereocenters. The largest absolute Gasteiger partial charge is 0.385 e. The fourth-order valence-electron chi connectivity index (χ4n) is 1.74. The van der Waals surface area contributed by atoms with Crippen LogP contribution < -0.4 is 5.32 Å². The number of rotatable bonds is 6. The lowest BCUT2D eigenvalue weighted by Gasteiger charge is -2.08. The van der Waals surface area contributed by atoms with Gasteiger partial charge in [-0.15, -0.1) is 10.2 Å². The number of aliphatic imine (C=N–C) groups is 1. The van der Waals surface area contributed by atoms with Crippen molar-refractivity contribution in [3.8, 4) is 0 Å². The highest BCUT2D eigenvalue weighted by atomic mass is 32.2. The molecule has 0 amide bonds. The SMILES string of the molecule is COCCC1CSC(=NCCc2nncn2C)N1. The monoisotopic (exact) mass is 269 g/mol. The predicted molar refractivity (Wildman–Crippen MR) is 72.9 cm³/mol. The van der Waals surface area contributed by atoms with Gasteiger partial charge in [-0.25, -0.2) is 0 Å². The van der Waals surface area contributed by atoms with E-state index in [2.05, 4.69) is 20.5 Å². The maximum absolute atomic E-state index is 5.08. The van der Waals surface area contributed by atoms with Crippen LogP contribution in [0.4, 0.5) is 0 Å². The van der Waals surface area contributed by atoms with Crippen LogP contribution in [0.5, 0.6) is 0 Å². The van der Waals surface area contributed by atoms with Crippen molar-refractivity contribution in [1.29, 1.82) is 0 Å². The normalized spacial score (nSPS) is 21.4. The third kappa shape index (κ3) is 3.71. The van der Waals surface area contributed by atoms with Crippen LogP contribution in [0.2, 0.25) is 0 Å². The highest BCUT2D eigenvalue weighted by Gasteiger charge is 2.19. The standard InChI is InChI=1S/C11H19N5OS/c1-16-8-13-15-10(16)3-5-12-11-14-9(7-18-11)4-6-17-2/h8-9H,3-7H2,1-2H3,(H,12,14). The second-order valence-electron chi connectivity index (χ2n) is 4.23. The number of thioether (sulfide) groups is 1. The van der Waals surface area contributed by atoms with Gasteiger partial charge < -0.3 is 14.6 Å². The highest BCUT2D eigenvalue weighted by molar-refractivity contribution is 8.14. The Morgan fingerprint density at radius 2 is 2.56 bits per heavy atom. The van der Waals surface area contributed by atoms with Crippen molar-refractivity contribution in [2.24, 2.45) is 12.0 Å². The second kappa shape index (κ2) is 6.75. The topological polar surface area (TPSA) is 64.3 Å². The molecule has 1 aromatic heterocycles. The van der Waals surface area contributed by atoms with E-state index in [1.807, 2.05) is 11.6 Å². The number of amidine groups is 1. The van der Waals surface area contributed by atoms with Gasteiger partial charge in [0.15, 0.2) is 5.17 Å². The molecular weight excluding hydrogens is 250 g/mol. The van der Waals surface area contributed by atoms with Crippen molar-refractivity contribution in [2.45, 2.75) is 18.9 Å². The van der Waals surface area contributed by atoms with Crippen LogP contribution in [0.1, 0.15) is 12.2 Å². The first-order valence-electron chi connectivity index (χ1n) is 6.05. The van der Waals surface area contributed by atoms with E-state index in [0.717, 1.165) is 42.7 Å². The Kier molecular flexibility index (Phi) is 5.00. The van der Waals surface area contributed by atoms with E-state index in [1.165, 1.54) is 0 Å². The zero-order valence-electron chi connectivity index (χ0n) is 10.8. The van der Waals surface area contributed by atoms with Crippen LogP contribution in [-0.2, 0) is 18.2 Å². The maximum Gasteiger partial charge on any atom is 0.156 e. The van der Waals surface area contributed by atoms with Crippen LogP contribution in [-0.4, -0.2) is 52.0 Å². The Labute approximate surface area is 111 Å². The Morgan fingerprint density at radius 1 is 1.67 bits per heavy atom. The van der Waals surface area contributed by atoms with E-state index in [0.29, 0.717) is 6.04 Å². The summed E-state index contributed by atoms with van der Waals surface area (Å²) in [4.78, 5) is 4.54. The van der Waals surface area contributed by atoms with Crippen LogP contribution in [0.3, 0.4) is 0 Å². The predicted octanol–water partition coefficient (Wildman–Crippen LogP) is 0.455. The van der Waals surface area contributed by atoms with Gasteiger partial charge in [0.25, 0.3) is 0 Å². The average Bonchev–Trinajstić information content (AvgIpc) is 2.97. The molecule has 2 rings (SSSR count). The summed E-state index contributed by atoms with van der Waals surface area (Å²) in [5, 5.41) is 12.3. The summed E-state index contributed by atoms with van der Waals surface area (Å²) in [7, 11) is 3.68. The van der Waals surface area contributed by atoms with Gasteiger partial charge in [0.1, 0.15) is 12.2 Å². The molecule has 0 saturated carbocycles. The molecular formula is C11H19N5OS. The number of hydrogen-bond donors (Lipinski definition) is 1. The number of aromatic nitrogens is 3. The summed E-state index contributed by atoms with van der Waals surface area (Å²) >= 11 is 1.78. The van der Waals surface area contributed by atoms with E-state index in [-0.39, 0.29) is 0 Å². The molecule has 7 heteroatoms. The number of hydrogen-bond acceptors (Lipinski definition) is 5. The van der Waals surface area contributed by atoms with Crippen molar-refractivity contribution < 1.29 is 4.74 Å². The molecule has 1 fully saturated rings. The molecule has 1 aliphatic rings. The van der Waals surface area contributed by atoms with Crippen molar-refractivity contribution in [3.05, 3.63) is 12.2 Å². The molecule has 2 heterocycles. The third-order valence-corrected chi connectivity index (χ3v) is 3.90. The van der Waals surface area contributed by atoms with Gasteiger partial charge in [0.2, 0.25) is 0 Å². The summed E-state index contributed by atoms with van der Waals surface area (Å²) in [6.07, 6.45) is 3.57. The summed E-state index contributed by atoms with van der Waals surface area (Å²) in [5.74, 6) is 2.05. The van der Waals surface area contributed by atoms with Crippen LogP contribution >= 0.6 is 11.8 Å². The Bertz CT molecular complexity index is 406. The minimum absolute atomic E-state index is 0.489. The molecule has 0 spiro atoms. The molecule has 0 aliphatic carbocycles. The first kappa shape index (κ1) is 13.4. The Hall–Kier alpha value is -1.08. The van der Waals surface area contributed by atoms with Crippen molar-refractivity contribution in [1.82, 2.24) is 20.1 Å². The third-order valence-electron chi connectivity index (χ3n) is 2.82. The van der Waals surface area contributed by atoms with Gasteiger partial charge in [-0.05, 0) is 6.42 Å². The lowest BCUT2D eigenvalue weighted by atomic mass is 10.2. The van der Waals surface area contributed by atoms with E-state index in [9.17, 15) is 0 Å². The van der Waals surface area contributed by atoms with Crippen molar-refractivity contribution in [3.63, 3.8) is 0 Å². The second-order valence-corrected chi connectivity index (χ2v) is 5.24. The van der Waals surface area contributed by atoms with E-state index in [4.69, 9.17) is 4.74 Å². The molecule has 0 bridgehead atoms. The zero-order chi connectivity index (χ0) is 12.8. The van der Waals surface area contributed by atoms with Gasteiger partial charge in [-0.3, -0.25) is 4.99 Å². The van der Waals surface area contributed by atoms with E-state index in [1.54, 1.807) is 25.2 Å². The molecule has 1 atom stereocenters. The minimum Gasteiger partial charge on any atom is -0.385 e. The number of aryl methyl sites for hydroxylation is 1. The van der Waals surface area contributed by atoms with Crippen LogP contribution in [0, 0.1) is 0 Å². The van der Waals surface area contributed by atoms with Gasteiger partial charge >= 0.3 is 0 Å². The molecule has 0 radical (unpaired) electrons. The highest BCUT2D eigenvalue weighted by Crippen LogP contribution is 2.15. The molecule has 6 nitrogen and oxygen atoms in total. The number of nitrogens with one attached hydrogen (secondary N) is 1. The number of methoxy groups -OCH3 is 1. The molecule has 1 aliphatic heterocycles. The first-order chi connectivity index (χ1) is 8.79. The number of nitrogens with zero attached hydrogens (tertiary/aromatic N) is 4.